The molecule has 0 spiro atoms. The Morgan fingerprint density at radius 3 is 2.59 bits per heavy atom. The first-order chi connectivity index (χ1) is 14.2. The fraction of sp³-hybridized carbons (Fsp3) is 0.136. The van der Waals surface area contributed by atoms with Gasteiger partial charge >= 0.3 is 0 Å². The number of aromatic nitrogens is 3. The Kier molecular flexibility index (Phi) is 5.57. The van der Waals surface area contributed by atoms with Gasteiger partial charge in [-0.2, -0.15) is 5.10 Å². The molecule has 29 heavy (non-hydrogen) atoms. The van der Waals surface area contributed by atoms with Crippen molar-refractivity contribution in [3.8, 4) is 17.0 Å². The number of benzene rings is 2. The van der Waals surface area contributed by atoms with E-state index < -0.39 is 0 Å². The highest BCUT2D eigenvalue weighted by molar-refractivity contribution is 9.10. The maximum absolute atomic E-state index is 12.7. The molecule has 7 heteroatoms. The lowest BCUT2D eigenvalue weighted by Gasteiger charge is -2.07. The van der Waals surface area contributed by atoms with Crippen LogP contribution in [0.2, 0.25) is 0 Å². The van der Waals surface area contributed by atoms with E-state index in [-0.39, 0.29) is 5.91 Å². The highest BCUT2D eigenvalue weighted by Gasteiger charge is 2.16. The highest BCUT2D eigenvalue weighted by Crippen LogP contribution is 2.23. The highest BCUT2D eigenvalue weighted by atomic mass is 79.9. The summed E-state index contributed by atoms with van der Waals surface area (Å²) in [5, 5.41) is 7.33. The van der Waals surface area contributed by atoms with Gasteiger partial charge in [0.05, 0.1) is 18.5 Å². The summed E-state index contributed by atoms with van der Waals surface area (Å²) in [5.74, 6) is 0.606. The Balaban J connectivity index is 1.58. The summed E-state index contributed by atoms with van der Waals surface area (Å²) in [6.07, 6.45) is 3.24. The van der Waals surface area contributed by atoms with Crippen molar-refractivity contribution < 1.29 is 9.53 Å². The number of rotatable bonds is 6. The lowest BCUT2D eigenvalue weighted by molar-refractivity contribution is 0.0952. The van der Waals surface area contributed by atoms with Crippen LogP contribution in [0.4, 0.5) is 0 Å². The van der Waals surface area contributed by atoms with Gasteiger partial charge in [-0.3, -0.25) is 4.79 Å². The molecule has 2 aromatic carbocycles. The summed E-state index contributed by atoms with van der Waals surface area (Å²) < 4.78 is 8.19. The van der Waals surface area contributed by atoms with E-state index in [4.69, 9.17) is 4.74 Å². The lowest BCUT2D eigenvalue weighted by atomic mass is 10.1. The monoisotopic (exact) mass is 450 g/mol. The van der Waals surface area contributed by atoms with Crippen molar-refractivity contribution in [3.63, 3.8) is 0 Å². The van der Waals surface area contributed by atoms with Gasteiger partial charge in [-0.15, -0.1) is 0 Å². The Morgan fingerprint density at radius 2 is 1.86 bits per heavy atom. The van der Waals surface area contributed by atoms with Crippen molar-refractivity contribution >= 4 is 27.5 Å². The summed E-state index contributed by atoms with van der Waals surface area (Å²) >= 11 is 3.41. The van der Waals surface area contributed by atoms with Gasteiger partial charge in [-0.1, -0.05) is 28.1 Å². The first-order valence-electron chi connectivity index (χ1n) is 9.24. The van der Waals surface area contributed by atoms with Crippen LogP contribution in [0.3, 0.4) is 0 Å². The number of hydrogen-bond donors (Lipinski definition) is 1. The number of carbonyl (C=O) groups excluding carboxylic acids is 1. The van der Waals surface area contributed by atoms with Crippen LogP contribution >= 0.6 is 15.9 Å². The predicted octanol–water partition coefficient (Wildman–Crippen LogP) is 4.49. The van der Waals surface area contributed by atoms with Crippen LogP contribution in [0, 0.1) is 0 Å². The summed E-state index contributed by atoms with van der Waals surface area (Å²) in [7, 11) is 0. The number of nitrogens with one attached hydrogen (secondary N) is 1. The van der Waals surface area contributed by atoms with Crippen molar-refractivity contribution in [2.24, 2.45) is 0 Å². The second-order valence-corrected chi connectivity index (χ2v) is 7.31. The molecule has 0 fully saturated rings. The first-order valence-corrected chi connectivity index (χ1v) is 10.0. The van der Waals surface area contributed by atoms with Gasteiger partial charge in [0, 0.05) is 22.8 Å². The maximum Gasteiger partial charge on any atom is 0.257 e. The molecule has 6 nitrogen and oxygen atoms in total. The van der Waals surface area contributed by atoms with Crippen LogP contribution in [0.25, 0.3) is 16.9 Å². The van der Waals surface area contributed by atoms with E-state index in [0.29, 0.717) is 24.4 Å². The molecule has 0 radical (unpaired) electrons. The van der Waals surface area contributed by atoms with Crippen LogP contribution in [0.15, 0.2) is 71.5 Å². The molecular formula is C22H19BrN4O2. The number of hydrogen-bond acceptors (Lipinski definition) is 4. The quantitative estimate of drug-likeness (QED) is 0.469. The van der Waals surface area contributed by atoms with Crippen LogP contribution in [0.5, 0.6) is 5.75 Å². The Bertz CT molecular complexity index is 1140. The number of fused-ring (bicyclic) bond motifs is 1. The summed E-state index contributed by atoms with van der Waals surface area (Å²) in [5.41, 5.74) is 3.79. The third-order valence-corrected chi connectivity index (χ3v) is 5.00. The van der Waals surface area contributed by atoms with Gasteiger partial charge in [0.25, 0.3) is 5.91 Å². The third-order valence-electron chi connectivity index (χ3n) is 4.47. The van der Waals surface area contributed by atoms with E-state index in [9.17, 15) is 4.79 Å². The number of carbonyl (C=O) groups is 1. The zero-order chi connectivity index (χ0) is 20.2. The van der Waals surface area contributed by atoms with Crippen LogP contribution in [-0.2, 0) is 6.54 Å². The molecule has 0 aliphatic carbocycles. The van der Waals surface area contributed by atoms with E-state index in [2.05, 4.69) is 31.3 Å². The fourth-order valence-electron chi connectivity index (χ4n) is 3.04. The van der Waals surface area contributed by atoms with Gasteiger partial charge in [0.1, 0.15) is 11.3 Å². The molecule has 0 bridgehead atoms. The number of halogens is 1. The van der Waals surface area contributed by atoms with E-state index in [0.717, 1.165) is 27.0 Å². The van der Waals surface area contributed by atoms with Gasteiger partial charge < -0.3 is 10.1 Å². The van der Waals surface area contributed by atoms with Gasteiger partial charge in [-0.25, -0.2) is 9.50 Å². The normalized spacial score (nSPS) is 10.8. The molecule has 1 N–H and O–H groups in total. The van der Waals surface area contributed by atoms with Gasteiger partial charge in [0.15, 0.2) is 5.65 Å². The molecule has 0 aliphatic rings. The van der Waals surface area contributed by atoms with Gasteiger partial charge in [0.2, 0.25) is 0 Å². The van der Waals surface area contributed by atoms with Crippen LogP contribution in [0.1, 0.15) is 22.8 Å². The van der Waals surface area contributed by atoms with Crippen molar-refractivity contribution in [2.75, 3.05) is 6.61 Å². The molecule has 0 saturated carbocycles. The molecule has 4 rings (SSSR count). The smallest absolute Gasteiger partial charge is 0.257 e. The van der Waals surface area contributed by atoms with Crippen molar-refractivity contribution in [2.45, 2.75) is 13.5 Å². The topological polar surface area (TPSA) is 68.5 Å². The van der Waals surface area contributed by atoms with E-state index in [1.165, 1.54) is 0 Å². The Labute approximate surface area is 176 Å². The molecule has 4 aromatic rings. The second-order valence-electron chi connectivity index (χ2n) is 6.39. The van der Waals surface area contributed by atoms with Crippen LogP contribution in [-0.4, -0.2) is 27.1 Å². The van der Waals surface area contributed by atoms with Gasteiger partial charge in [-0.05, 0) is 55.0 Å². The molecule has 0 atom stereocenters. The SMILES string of the molecule is CCOc1ccc(-c2ccnc3c(C(=O)NCc4ccc(Br)cc4)cnn23)cc1. The fourth-order valence-corrected chi connectivity index (χ4v) is 3.30. The summed E-state index contributed by atoms with van der Waals surface area (Å²) in [4.78, 5) is 17.1. The molecule has 2 aromatic heterocycles. The molecule has 146 valence electrons. The third kappa shape index (κ3) is 4.14. The second kappa shape index (κ2) is 8.45. The standard InChI is InChI=1S/C22H19BrN4O2/c1-2-29-18-9-5-16(6-10-18)20-11-12-24-21-19(14-26-27(20)21)22(28)25-13-15-3-7-17(23)8-4-15/h3-12,14H,2,13H2,1H3,(H,25,28). The predicted molar refractivity (Wildman–Crippen MR) is 115 cm³/mol. The number of ether oxygens (including phenoxy) is 1. The van der Waals surface area contributed by atoms with Crippen LogP contribution < -0.4 is 10.1 Å². The maximum atomic E-state index is 12.7. The van der Waals surface area contributed by atoms with E-state index >= 15 is 0 Å². The van der Waals surface area contributed by atoms with Crippen molar-refractivity contribution in [3.05, 3.63) is 82.6 Å². The minimum Gasteiger partial charge on any atom is -0.494 e. The minimum atomic E-state index is -0.209. The molecule has 0 unspecified atom stereocenters. The summed E-state index contributed by atoms with van der Waals surface area (Å²) in [6.45, 7) is 3.01. The lowest BCUT2D eigenvalue weighted by Crippen LogP contribution is -2.22. The molecule has 2 heterocycles. The average molecular weight is 451 g/mol. The average Bonchev–Trinajstić information content (AvgIpc) is 3.18. The zero-order valence-corrected chi connectivity index (χ0v) is 17.4. The first kappa shape index (κ1) is 19.1. The van der Waals surface area contributed by atoms with E-state index in [1.807, 2.05) is 61.5 Å². The largest absolute Gasteiger partial charge is 0.494 e. The van der Waals surface area contributed by atoms with E-state index in [1.54, 1.807) is 16.9 Å². The molecular weight excluding hydrogens is 432 g/mol. The number of amides is 1. The number of nitrogens with zero attached hydrogens (tertiary/aromatic N) is 3. The van der Waals surface area contributed by atoms with Crippen molar-refractivity contribution in [1.29, 1.82) is 0 Å². The molecule has 1 amide bonds. The summed E-state index contributed by atoms with van der Waals surface area (Å²) in [6, 6.07) is 17.5. The zero-order valence-electron chi connectivity index (χ0n) is 15.8. The molecule has 0 aliphatic heterocycles. The Hall–Kier alpha value is -3.19. The van der Waals surface area contributed by atoms with Crippen molar-refractivity contribution in [1.82, 2.24) is 19.9 Å². The minimum absolute atomic E-state index is 0.209. The molecule has 0 saturated heterocycles. The Morgan fingerprint density at radius 1 is 1.10 bits per heavy atom.